The van der Waals surface area contributed by atoms with Crippen LogP contribution in [-0.2, 0) is 0 Å². The number of hydrazine groups is 1. The molecule has 0 aliphatic heterocycles. The van der Waals surface area contributed by atoms with Crippen LogP contribution in [0.15, 0.2) is 24.3 Å². The molecule has 1 aromatic heterocycles. The van der Waals surface area contributed by atoms with Crippen LogP contribution in [-0.4, -0.2) is 9.59 Å². The summed E-state index contributed by atoms with van der Waals surface area (Å²) in [4.78, 5) is 1.10. The predicted octanol–water partition coefficient (Wildman–Crippen LogP) is 3.34. The summed E-state index contributed by atoms with van der Waals surface area (Å²) in [7, 11) is 0. The fourth-order valence-corrected chi connectivity index (χ4v) is 3.10. The minimum Gasteiger partial charge on any atom is -0.271 e. The molecule has 0 saturated heterocycles. The first-order chi connectivity index (χ1) is 9.54. The molecule has 2 aromatic rings. The van der Waals surface area contributed by atoms with Gasteiger partial charge in [-0.25, -0.2) is 5.43 Å². The van der Waals surface area contributed by atoms with Crippen molar-refractivity contribution in [2.45, 2.75) is 45.6 Å². The highest BCUT2D eigenvalue weighted by molar-refractivity contribution is 7.05. The normalized spacial score (nSPS) is 13.2. The zero-order valence-electron chi connectivity index (χ0n) is 12.4. The second kappa shape index (κ2) is 6.43. The maximum absolute atomic E-state index is 5.76. The van der Waals surface area contributed by atoms with Crippen LogP contribution >= 0.6 is 11.5 Å². The van der Waals surface area contributed by atoms with E-state index in [1.54, 1.807) is 0 Å². The molecule has 108 valence electrons. The van der Waals surface area contributed by atoms with Crippen LogP contribution in [0.25, 0.3) is 0 Å². The molecule has 5 heteroatoms. The van der Waals surface area contributed by atoms with Gasteiger partial charge in [-0.15, -0.1) is 5.10 Å². The molecule has 3 N–H and O–H groups in total. The molecular weight excluding hydrogens is 268 g/mol. The summed E-state index contributed by atoms with van der Waals surface area (Å²) in [6.07, 6.45) is 0. The Morgan fingerprint density at radius 2 is 1.60 bits per heavy atom. The lowest BCUT2D eigenvalue weighted by molar-refractivity contribution is 0.631. The van der Waals surface area contributed by atoms with Crippen LogP contribution in [0.5, 0.6) is 0 Å². The number of rotatable bonds is 5. The summed E-state index contributed by atoms with van der Waals surface area (Å²) in [5.74, 6) is 6.64. The van der Waals surface area contributed by atoms with Gasteiger partial charge >= 0.3 is 0 Å². The zero-order valence-corrected chi connectivity index (χ0v) is 13.2. The van der Waals surface area contributed by atoms with Crippen molar-refractivity contribution in [2.75, 3.05) is 0 Å². The van der Waals surface area contributed by atoms with Gasteiger partial charge in [-0.05, 0) is 34.5 Å². The highest BCUT2D eigenvalue weighted by atomic mass is 32.1. The third kappa shape index (κ3) is 3.06. The fraction of sp³-hybridized carbons (Fsp3) is 0.467. The van der Waals surface area contributed by atoms with Gasteiger partial charge < -0.3 is 0 Å². The molecule has 0 aliphatic rings. The monoisotopic (exact) mass is 290 g/mol. The quantitative estimate of drug-likeness (QED) is 0.655. The average molecular weight is 290 g/mol. The van der Waals surface area contributed by atoms with E-state index < -0.39 is 0 Å². The summed E-state index contributed by atoms with van der Waals surface area (Å²) < 4.78 is 4.08. The maximum atomic E-state index is 5.76. The van der Waals surface area contributed by atoms with Crippen LogP contribution < -0.4 is 11.3 Å². The molecule has 0 spiro atoms. The first-order valence-electron chi connectivity index (χ1n) is 6.92. The van der Waals surface area contributed by atoms with Crippen molar-refractivity contribution >= 4 is 11.5 Å². The standard InChI is InChI=1S/C15H22N4S/c1-9(2)11-5-7-12(8-6-11)14(17-16)15-13(10(3)4)18-19-20-15/h5-10,14,17H,16H2,1-4H3. The first-order valence-corrected chi connectivity index (χ1v) is 7.70. The van der Waals surface area contributed by atoms with Crippen molar-refractivity contribution in [1.29, 1.82) is 0 Å². The Labute approximate surface area is 124 Å². The summed E-state index contributed by atoms with van der Waals surface area (Å²) in [6.45, 7) is 8.63. The highest BCUT2D eigenvalue weighted by Gasteiger charge is 2.21. The zero-order chi connectivity index (χ0) is 14.7. The minimum absolute atomic E-state index is 0.0476. The smallest absolute Gasteiger partial charge is 0.0837 e. The van der Waals surface area contributed by atoms with Gasteiger partial charge in [0, 0.05) is 0 Å². The van der Waals surface area contributed by atoms with Crippen molar-refractivity contribution in [2.24, 2.45) is 5.84 Å². The van der Waals surface area contributed by atoms with Crippen molar-refractivity contribution in [3.63, 3.8) is 0 Å². The van der Waals surface area contributed by atoms with E-state index in [4.69, 9.17) is 5.84 Å². The molecule has 1 atom stereocenters. The first kappa shape index (κ1) is 15.1. The van der Waals surface area contributed by atoms with Gasteiger partial charge in [-0.3, -0.25) is 5.84 Å². The predicted molar refractivity (Wildman–Crippen MR) is 83.7 cm³/mol. The molecule has 20 heavy (non-hydrogen) atoms. The largest absolute Gasteiger partial charge is 0.271 e. The molecule has 0 saturated carbocycles. The summed E-state index contributed by atoms with van der Waals surface area (Å²) >= 11 is 1.41. The molecule has 0 fully saturated rings. The van der Waals surface area contributed by atoms with Crippen LogP contribution in [0.3, 0.4) is 0 Å². The Balaban J connectivity index is 2.34. The van der Waals surface area contributed by atoms with E-state index in [0.717, 1.165) is 16.1 Å². The van der Waals surface area contributed by atoms with E-state index in [1.165, 1.54) is 17.1 Å². The van der Waals surface area contributed by atoms with E-state index in [9.17, 15) is 0 Å². The summed E-state index contributed by atoms with van der Waals surface area (Å²) in [5.41, 5.74) is 6.39. The maximum Gasteiger partial charge on any atom is 0.0837 e. The van der Waals surface area contributed by atoms with Crippen LogP contribution in [0.1, 0.15) is 67.3 Å². The molecule has 0 aliphatic carbocycles. The van der Waals surface area contributed by atoms with Gasteiger partial charge in [-0.1, -0.05) is 56.4 Å². The number of benzene rings is 1. The number of aromatic nitrogens is 2. The SMILES string of the molecule is CC(C)c1ccc(C(NN)c2snnc2C(C)C)cc1. The lowest BCUT2D eigenvalue weighted by atomic mass is 9.97. The van der Waals surface area contributed by atoms with Crippen molar-refractivity contribution in [3.05, 3.63) is 46.0 Å². The molecule has 1 heterocycles. The van der Waals surface area contributed by atoms with Crippen molar-refractivity contribution in [1.82, 2.24) is 15.0 Å². The number of hydrogen-bond acceptors (Lipinski definition) is 5. The topological polar surface area (TPSA) is 63.8 Å². The fourth-order valence-electron chi connectivity index (χ4n) is 2.20. The van der Waals surface area contributed by atoms with E-state index in [1.807, 2.05) is 0 Å². The molecule has 0 radical (unpaired) electrons. The lowest BCUT2D eigenvalue weighted by Gasteiger charge is -2.17. The molecule has 1 unspecified atom stereocenters. The molecule has 2 rings (SSSR count). The Kier molecular flexibility index (Phi) is 4.86. The van der Waals surface area contributed by atoms with Gasteiger partial charge in [0.2, 0.25) is 0 Å². The molecular formula is C15H22N4S. The van der Waals surface area contributed by atoms with E-state index in [0.29, 0.717) is 11.8 Å². The second-order valence-corrected chi connectivity index (χ2v) is 6.38. The summed E-state index contributed by atoms with van der Waals surface area (Å²) in [5, 5.41) is 4.23. The number of nitrogens with two attached hydrogens (primary N) is 1. The number of nitrogens with zero attached hydrogens (tertiary/aromatic N) is 2. The van der Waals surface area contributed by atoms with Crippen LogP contribution in [0.2, 0.25) is 0 Å². The molecule has 0 bridgehead atoms. The highest BCUT2D eigenvalue weighted by Crippen LogP contribution is 2.30. The lowest BCUT2D eigenvalue weighted by Crippen LogP contribution is -2.29. The van der Waals surface area contributed by atoms with Gasteiger partial charge in [0.05, 0.1) is 16.6 Å². The van der Waals surface area contributed by atoms with Crippen LogP contribution in [0, 0.1) is 0 Å². The third-order valence-corrected chi connectivity index (χ3v) is 4.26. The number of nitrogens with one attached hydrogen (secondary N) is 1. The molecule has 1 aromatic carbocycles. The van der Waals surface area contributed by atoms with E-state index in [-0.39, 0.29) is 6.04 Å². The van der Waals surface area contributed by atoms with Gasteiger partial charge in [-0.2, -0.15) is 0 Å². The second-order valence-electron chi connectivity index (χ2n) is 5.60. The average Bonchev–Trinajstić information content (AvgIpc) is 2.89. The Hall–Kier alpha value is -1.30. The Morgan fingerprint density at radius 1 is 1.00 bits per heavy atom. The Morgan fingerprint density at radius 3 is 2.10 bits per heavy atom. The van der Waals surface area contributed by atoms with Gasteiger partial charge in [0.25, 0.3) is 0 Å². The van der Waals surface area contributed by atoms with Crippen molar-refractivity contribution in [3.8, 4) is 0 Å². The van der Waals surface area contributed by atoms with Crippen LogP contribution in [0.4, 0.5) is 0 Å². The number of hydrogen-bond donors (Lipinski definition) is 2. The van der Waals surface area contributed by atoms with E-state index >= 15 is 0 Å². The molecule has 0 amide bonds. The minimum atomic E-state index is -0.0476. The molecule has 4 nitrogen and oxygen atoms in total. The van der Waals surface area contributed by atoms with Crippen molar-refractivity contribution < 1.29 is 0 Å². The third-order valence-electron chi connectivity index (χ3n) is 3.45. The van der Waals surface area contributed by atoms with Gasteiger partial charge in [0.15, 0.2) is 0 Å². The Bertz CT molecular complexity index is 545. The summed E-state index contributed by atoms with van der Waals surface area (Å²) in [6, 6.07) is 8.53. The van der Waals surface area contributed by atoms with Gasteiger partial charge in [0.1, 0.15) is 0 Å². The van der Waals surface area contributed by atoms with E-state index in [2.05, 4.69) is 67.0 Å².